The van der Waals surface area contributed by atoms with Crippen molar-refractivity contribution in [2.45, 2.75) is 69.5 Å². The first-order chi connectivity index (χ1) is 18.3. The van der Waals surface area contributed by atoms with Gasteiger partial charge in [-0.25, -0.2) is 0 Å². The maximum absolute atomic E-state index is 13.8. The molecule has 3 heterocycles. The molecular weight excluding hydrogens is 486 g/mol. The minimum Gasteiger partial charge on any atom is -0.356 e. The Morgan fingerprint density at radius 1 is 1.08 bits per heavy atom. The van der Waals surface area contributed by atoms with Gasteiger partial charge in [-0.05, 0) is 68.9 Å². The van der Waals surface area contributed by atoms with E-state index in [0.29, 0.717) is 31.6 Å². The van der Waals surface area contributed by atoms with Gasteiger partial charge >= 0.3 is 0 Å². The predicted octanol–water partition coefficient (Wildman–Crippen LogP) is 1.41. The molecule has 1 aromatic heterocycles. The Labute approximate surface area is 220 Å². The molecule has 0 radical (unpaired) electrons. The van der Waals surface area contributed by atoms with E-state index in [1.165, 1.54) is 0 Å². The lowest BCUT2D eigenvalue weighted by Gasteiger charge is -2.39. The molecule has 1 spiro atoms. The fourth-order valence-electron chi connectivity index (χ4n) is 5.88. The Morgan fingerprint density at radius 2 is 1.87 bits per heavy atom. The van der Waals surface area contributed by atoms with Gasteiger partial charge in [0.1, 0.15) is 11.7 Å². The van der Waals surface area contributed by atoms with E-state index in [2.05, 4.69) is 20.9 Å². The van der Waals surface area contributed by atoms with E-state index in [4.69, 9.17) is 0 Å². The van der Waals surface area contributed by atoms with Crippen molar-refractivity contribution in [2.75, 3.05) is 13.1 Å². The van der Waals surface area contributed by atoms with E-state index in [-0.39, 0.29) is 29.7 Å². The lowest BCUT2D eigenvalue weighted by Crippen LogP contribution is -2.58. The van der Waals surface area contributed by atoms with Crippen LogP contribution < -0.4 is 16.0 Å². The Bertz CT molecular complexity index is 1280. The molecule has 4 amide bonds. The maximum atomic E-state index is 13.8. The number of rotatable bonds is 8. The number of ketones is 1. The number of carbonyl (C=O) groups excluding carboxylic acids is 5. The average Bonchev–Trinajstić information content (AvgIpc) is 3.80. The van der Waals surface area contributed by atoms with Crippen molar-refractivity contribution in [1.29, 1.82) is 0 Å². The number of para-hydroxylation sites is 1. The molecule has 10 heteroatoms. The summed E-state index contributed by atoms with van der Waals surface area (Å²) in [5.74, 6) is -2.81. The number of carbonyl (C=O) groups is 5. The maximum Gasteiger partial charge on any atom is 0.289 e. The smallest absolute Gasteiger partial charge is 0.289 e. The molecule has 4 aliphatic rings. The van der Waals surface area contributed by atoms with Gasteiger partial charge < -0.3 is 25.8 Å². The van der Waals surface area contributed by atoms with Crippen LogP contribution >= 0.6 is 0 Å². The number of aromatic amines is 1. The summed E-state index contributed by atoms with van der Waals surface area (Å²) in [4.78, 5) is 70.2. The highest BCUT2D eigenvalue weighted by Crippen LogP contribution is 2.55. The largest absolute Gasteiger partial charge is 0.356 e. The van der Waals surface area contributed by atoms with E-state index >= 15 is 0 Å². The van der Waals surface area contributed by atoms with Crippen molar-refractivity contribution in [3.63, 3.8) is 0 Å². The number of hydrogen-bond donors (Lipinski definition) is 4. The van der Waals surface area contributed by atoms with Crippen LogP contribution in [0.5, 0.6) is 0 Å². The summed E-state index contributed by atoms with van der Waals surface area (Å²) in [5, 5.41) is 9.17. The number of H-pyrrole nitrogens is 1. The minimum absolute atomic E-state index is 0.00456. The highest BCUT2D eigenvalue weighted by molar-refractivity contribution is 6.38. The molecule has 10 nitrogen and oxygen atoms in total. The molecule has 3 unspecified atom stereocenters. The van der Waals surface area contributed by atoms with Crippen LogP contribution in [-0.4, -0.2) is 70.5 Å². The Hall–Kier alpha value is -3.69. The molecular formula is C28H33N5O5. The molecule has 2 aliphatic heterocycles. The molecule has 2 aromatic rings. The third-order valence-corrected chi connectivity index (χ3v) is 8.62. The molecule has 1 aromatic carbocycles. The van der Waals surface area contributed by atoms with Crippen molar-refractivity contribution in [3.05, 3.63) is 36.0 Å². The number of nitrogens with one attached hydrogen (secondary N) is 4. The number of benzene rings is 1. The highest BCUT2D eigenvalue weighted by Gasteiger charge is 2.51. The first-order valence-electron chi connectivity index (χ1n) is 13.6. The number of likely N-dealkylation sites (tertiary alicyclic amines) is 1. The van der Waals surface area contributed by atoms with Crippen LogP contribution in [-0.2, 0) is 19.2 Å². The summed E-state index contributed by atoms with van der Waals surface area (Å²) in [6, 6.07) is 7.51. The summed E-state index contributed by atoms with van der Waals surface area (Å²) >= 11 is 0. The quantitative estimate of drug-likeness (QED) is 0.391. The molecule has 200 valence electrons. The average molecular weight is 520 g/mol. The van der Waals surface area contributed by atoms with Crippen molar-refractivity contribution in [3.8, 4) is 0 Å². The fourth-order valence-corrected chi connectivity index (χ4v) is 5.88. The molecule has 38 heavy (non-hydrogen) atoms. The topological polar surface area (TPSA) is 140 Å². The van der Waals surface area contributed by atoms with Gasteiger partial charge in [-0.15, -0.1) is 0 Å². The Kier molecular flexibility index (Phi) is 6.20. The second-order valence-corrected chi connectivity index (χ2v) is 11.4. The van der Waals surface area contributed by atoms with Crippen molar-refractivity contribution < 1.29 is 24.0 Å². The first-order valence-corrected chi connectivity index (χ1v) is 13.6. The van der Waals surface area contributed by atoms with Crippen molar-refractivity contribution in [2.24, 2.45) is 11.3 Å². The number of hydrogen-bond acceptors (Lipinski definition) is 5. The van der Waals surface area contributed by atoms with E-state index in [0.717, 1.165) is 43.0 Å². The molecule has 4 N–H and O–H groups in total. The van der Waals surface area contributed by atoms with Gasteiger partial charge in [0.2, 0.25) is 17.6 Å². The van der Waals surface area contributed by atoms with Gasteiger partial charge in [0.25, 0.3) is 11.8 Å². The second-order valence-electron chi connectivity index (χ2n) is 11.4. The fraction of sp³-hybridized carbons (Fsp3) is 0.536. The van der Waals surface area contributed by atoms with Gasteiger partial charge in [-0.3, -0.25) is 24.0 Å². The van der Waals surface area contributed by atoms with Crippen LogP contribution in [0.3, 0.4) is 0 Å². The molecule has 0 bridgehead atoms. The van der Waals surface area contributed by atoms with Crippen LogP contribution in [0.2, 0.25) is 0 Å². The number of aromatic nitrogens is 1. The number of Topliss-reactive ketones (excluding diaryl/α,β-unsaturated/α-hetero) is 1. The van der Waals surface area contributed by atoms with Crippen molar-refractivity contribution in [1.82, 2.24) is 25.8 Å². The Balaban J connectivity index is 1.23. The summed E-state index contributed by atoms with van der Waals surface area (Å²) in [5.41, 5.74) is 1.30. The first kappa shape index (κ1) is 24.6. The summed E-state index contributed by atoms with van der Waals surface area (Å²) in [6.45, 7) is 0.947. The molecule has 2 saturated carbocycles. The molecule has 2 saturated heterocycles. The third-order valence-electron chi connectivity index (χ3n) is 8.62. The monoisotopic (exact) mass is 519 g/mol. The van der Waals surface area contributed by atoms with Gasteiger partial charge in [0.05, 0.1) is 6.04 Å². The number of nitrogens with zero attached hydrogens (tertiary/aromatic N) is 1. The summed E-state index contributed by atoms with van der Waals surface area (Å²) < 4.78 is 0. The van der Waals surface area contributed by atoms with Crippen LogP contribution in [0.15, 0.2) is 30.3 Å². The van der Waals surface area contributed by atoms with E-state index in [1.54, 1.807) is 11.0 Å². The molecule has 3 atom stereocenters. The van der Waals surface area contributed by atoms with Gasteiger partial charge in [0, 0.05) is 36.0 Å². The van der Waals surface area contributed by atoms with Gasteiger partial charge in [0.15, 0.2) is 0 Å². The number of amides is 4. The predicted molar refractivity (Wildman–Crippen MR) is 138 cm³/mol. The number of fused-ring (bicyclic) bond motifs is 1. The van der Waals surface area contributed by atoms with Crippen molar-refractivity contribution >= 4 is 40.3 Å². The highest BCUT2D eigenvalue weighted by atomic mass is 16.2. The van der Waals surface area contributed by atoms with E-state index in [9.17, 15) is 24.0 Å². The minimum atomic E-state index is -1.13. The SMILES string of the molecule is O=C(NC1CC1)C(=O)C(CC1CCNC1=O)NC(=O)C1CC2(CCN1C(=O)c1cc3ccccc3[nH]1)CC2. The van der Waals surface area contributed by atoms with E-state index in [1.807, 2.05) is 24.3 Å². The summed E-state index contributed by atoms with van der Waals surface area (Å²) in [7, 11) is 0. The van der Waals surface area contributed by atoms with Gasteiger partial charge in [-0.1, -0.05) is 18.2 Å². The summed E-state index contributed by atoms with van der Waals surface area (Å²) in [6.07, 6.45) is 5.63. The standard InChI is InChI=1S/C28H33N5O5/c34-23(26(37)30-18-5-6-18)20(14-17-7-11-29-24(17)35)32-25(36)22-15-28(8-9-28)10-12-33(22)27(38)21-13-16-3-1-2-4-19(16)31-21/h1-4,13,17-18,20,22,31H,5-12,14-15H2,(H,29,35)(H,30,37)(H,32,36). The zero-order chi connectivity index (χ0) is 26.4. The molecule has 4 fully saturated rings. The molecule has 6 rings (SSSR count). The normalized spacial score (nSPS) is 24.6. The second kappa shape index (κ2) is 9.56. The number of piperidine rings is 1. The lowest BCUT2D eigenvalue weighted by atomic mass is 9.86. The van der Waals surface area contributed by atoms with E-state index < -0.39 is 35.6 Å². The van der Waals surface area contributed by atoms with Crippen LogP contribution in [0.25, 0.3) is 10.9 Å². The zero-order valence-corrected chi connectivity index (χ0v) is 21.3. The van der Waals surface area contributed by atoms with Crippen LogP contribution in [0.4, 0.5) is 0 Å². The van der Waals surface area contributed by atoms with Crippen LogP contribution in [0, 0.1) is 11.3 Å². The van der Waals surface area contributed by atoms with Gasteiger partial charge in [-0.2, -0.15) is 0 Å². The van der Waals surface area contributed by atoms with Crippen LogP contribution in [0.1, 0.15) is 61.9 Å². The lowest BCUT2D eigenvalue weighted by molar-refractivity contribution is -0.141. The molecule has 2 aliphatic carbocycles. The zero-order valence-electron chi connectivity index (χ0n) is 21.3. The third kappa shape index (κ3) is 4.91. The Morgan fingerprint density at radius 3 is 2.55 bits per heavy atom.